The fourth-order valence-corrected chi connectivity index (χ4v) is 3.67. The Labute approximate surface area is 116 Å². The van der Waals surface area contributed by atoms with Crippen LogP contribution < -0.4 is 11.1 Å². The Balaban J connectivity index is 2.65. The molecule has 0 aromatic carbocycles. The summed E-state index contributed by atoms with van der Waals surface area (Å²) in [6, 6.07) is -2.68. The average Bonchev–Trinajstić information content (AvgIpc) is 2.67. The first-order valence-electron chi connectivity index (χ1n) is 5.87. The number of nitrogens with zero attached hydrogens (tertiary/aromatic N) is 1. The summed E-state index contributed by atoms with van der Waals surface area (Å²) in [6.07, 6.45) is -0.225. The lowest BCUT2D eigenvalue weighted by atomic mass is 10.2. The molecule has 0 saturated carbocycles. The average molecular weight is 307 g/mol. The highest BCUT2D eigenvalue weighted by molar-refractivity contribution is 7.91. The van der Waals surface area contributed by atoms with E-state index >= 15 is 0 Å². The smallest absolute Gasteiger partial charge is 0.326 e. The topological polar surface area (TPSA) is 147 Å². The van der Waals surface area contributed by atoms with E-state index in [0.29, 0.717) is 6.42 Å². The number of hydrogen-bond acceptors (Lipinski definition) is 5. The predicted molar refractivity (Wildman–Crippen MR) is 68.6 cm³/mol. The van der Waals surface area contributed by atoms with Gasteiger partial charge in [-0.3, -0.25) is 4.79 Å². The molecule has 0 spiro atoms. The van der Waals surface area contributed by atoms with E-state index in [4.69, 9.17) is 10.8 Å². The van der Waals surface area contributed by atoms with Gasteiger partial charge in [0.25, 0.3) is 0 Å². The van der Waals surface area contributed by atoms with Crippen LogP contribution in [0.1, 0.15) is 12.8 Å². The normalized spacial score (nSPS) is 21.9. The van der Waals surface area contributed by atoms with Crippen molar-refractivity contribution in [3.05, 3.63) is 0 Å². The van der Waals surface area contributed by atoms with E-state index in [1.165, 1.54) is 7.05 Å². The van der Waals surface area contributed by atoms with Crippen LogP contribution >= 0.6 is 0 Å². The van der Waals surface area contributed by atoms with Crippen LogP contribution in [0.4, 0.5) is 4.79 Å². The van der Waals surface area contributed by atoms with E-state index < -0.39 is 46.2 Å². The van der Waals surface area contributed by atoms with E-state index in [9.17, 15) is 22.8 Å². The number of hydrogen-bond donors (Lipinski definition) is 3. The second-order valence-electron chi connectivity index (χ2n) is 4.68. The number of carbonyl (C=O) groups excluding carboxylic acids is 2. The van der Waals surface area contributed by atoms with Crippen molar-refractivity contribution in [3.63, 3.8) is 0 Å². The number of amides is 3. The summed E-state index contributed by atoms with van der Waals surface area (Å²) in [6.45, 7) is 0. The summed E-state index contributed by atoms with van der Waals surface area (Å²) < 4.78 is 22.7. The lowest BCUT2D eigenvalue weighted by Gasteiger charge is -2.25. The maximum absolute atomic E-state index is 11.8. The molecule has 1 heterocycles. The SMILES string of the molecule is CN(C(=O)N[C@H](CC(N)=O)C(=O)O)C1CCS(=O)(=O)C1. The molecule has 114 valence electrons. The van der Waals surface area contributed by atoms with E-state index in [1.807, 2.05) is 0 Å². The number of nitrogens with one attached hydrogen (secondary N) is 1. The van der Waals surface area contributed by atoms with Gasteiger partial charge in [-0.05, 0) is 6.42 Å². The Kier molecular flexibility index (Phi) is 4.93. The maximum atomic E-state index is 11.8. The zero-order valence-corrected chi connectivity index (χ0v) is 11.7. The van der Waals surface area contributed by atoms with Crippen molar-refractivity contribution in [1.82, 2.24) is 10.2 Å². The highest BCUT2D eigenvalue weighted by Gasteiger charge is 2.34. The fourth-order valence-electron chi connectivity index (χ4n) is 1.90. The van der Waals surface area contributed by atoms with Gasteiger partial charge in [0.1, 0.15) is 6.04 Å². The molecular formula is C10H17N3O6S. The second kappa shape index (κ2) is 6.07. The molecular weight excluding hydrogens is 290 g/mol. The van der Waals surface area contributed by atoms with Crippen LogP contribution in [-0.2, 0) is 19.4 Å². The van der Waals surface area contributed by atoms with E-state index in [-0.39, 0.29) is 11.5 Å². The van der Waals surface area contributed by atoms with Gasteiger partial charge in [0.2, 0.25) is 5.91 Å². The number of primary amides is 1. The predicted octanol–water partition coefficient (Wildman–Crippen LogP) is -1.86. The van der Waals surface area contributed by atoms with Crippen molar-refractivity contribution in [2.24, 2.45) is 5.73 Å². The van der Waals surface area contributed by atoms with Crippen molar-refractivity contribution in [2.45, 2.75) is 24.9 Å². The maximum Gasteiger partial charge on any atom is 0.326 e. The molecule has 0 radical (unpaired) electrons. The first-order valence-corrected chi connectivity index (χ1v) is 7.69. The van der Waals surface area contributed by atoms with Crippen LogP contribution in [0.25, 0.3) is 0 Å². The minimum Gasteiger partial charge on any atom is -0.480 e. The molecule has 1 saturated heterocycles. The highest BCUT2D eigenvalue weighted by atomic mass is 32.2. The third-order valence-corrected chi connectivity index (χ3v) is 4.83. The minimum absolute atomic E-state index is 0.00106. The third kappa shape index (κ3) is 4.37. The number of carboxylic acid groups (broad SMARTS) is 1. The van der Waals surface area contributed by atoms with Crippen LogP contribution in [0.5, 0.6) is 0 Å². The molecule has 0 aliphatic carbocycles. The largest absolute Gasteiger partial charge is 0.480 e. The molecule has 1 rings (SSSR count). The molecule has 1 unspecified atom stereocenters. The Bertz CT molecular complexity index is 517. The van der Waals surface area contributed by atoms with Crippen LogP contribution in [0.2, 0.25) is 0 Å². The van der Waals surface area contributed by atoms with Crippen molar-refractivity contribution < 1.29 is 27.9 Å². The van der Waals surface area contributed by atoms with Crippen molar-refractivity contribution >= 4 is 27.7 Å². The summed E-state index contributed by atoms with van der Waals surface area (Å²) in [5.41, 5.74) is 4.89. The van der Waals surface area contributed by atoms with E-state index in [2.05, 4.69) is 5.32 Å². The molecule has 9 nitrogen and oxygen atoms in total. The van der Waals surface area contributed by atoms with Crippen molar-refractivity contribution in [1.29, 1.82) is 0 Å². The van der Waals surface area contributed by atoms with Gasteiger partial charge in [-0.2, -0.15) is 0 Å². The van der Waals surface area contributed by atoms with Crippen molar-refractivity contribution in [2.75, 3.05) is 18.6 Å². The molecule has 4 N–H and O–H groups in total. The number of carbonyl (C=O) groups is 3. The molecule has 0 bridgehead atoms. The summed E-state index contributed by atoms with van der Waals surface area (Å²) in [7, 11) is -1.77. The number of carboxylic acids is 1. The van der Waals surface area contributed by atoms with E-state index in [0.717, 1.165) is 4.90 Å². The molecule has 20 heavy (non-hydrogen) atoms. The van der Waals surface area contributed by atoms with Crippen LogP contribution in [-0.4, -0.2) is 67.0 Å². The van der Waals surface area contributed by atoms with Gasteiger partial charge >= 0.3 is 12.0 Å². The molecule has 1 aliphatic rings. The quantitative estimate of drug-likeness (QED) is 0.543. The molecule has 0 aromatic rings. The minimum atomic E-state index is -3.15. The summed E-state index contributed by atoms with van der Waals surface area (Å²) in [4.78, 5) is 34.6. The van der Waals surface area contributed by atoms with Crippen LogP contribution in [0.3, 0.4) is 0 Å². The second-order valence-corrected chi connectivity index (χ2v) is 6.91. The van der Waals surface area contributed by atoms with Gasteiger partial charge in [0, 0.05) is 13.1 Å². The monoisotopic (exact) mass is 307 g/mol. The number of aliphatic carboxylic acids is 1. The van der Waals surface area contributed by atoms with Crippen LogP contribution in [0.15, 0.2) is 0 Å². The lowest BCUT2D eigenvalue weighted by Crippen LogP contribution is -2.51. The Morgan fingerprint density at radius 3 is 2.45 bits per heavy atom. The fraction of sp³-hybridized carbons (Fsp3) is 0.700. The first-order chi connectivity index (χ1) is 9.12. The Morgan fingerprint density at radius 2 is 2.05 bits per heavy atom. The zero-order valence-electron chi connectivity index (χ0n) is 10.9. The van der Waals surface area contributed by atoms with Crippen molar-refractivity contribution in [3.8, 4) is 0 Å². The summed E-state index contributed by atoms with van der Waals surface area (Å²) in [5.74, 6) is -2.39. The standard InChI is InChI=1S/C10H17N3O6S/c1-13(6-2-3-20(18,19)5-6)10(17)12-7(9(15)16)4-8(11)14/h6-7H,2-5H2,1H3,(H2,11,14)(H,12,17)(H,15,16)/t6?,7-/m1/s1. The molecule has 1 aliphatic heterocycles. The molecule has 3 amide bonds. The molecule has 10 heteroatoms. The van der Waals surface area contributed by atoms with Gasteiger partial charge in [-0.1, -0.05) is 0 Å². The number of sulfone groups is 1. The third-order valence-electron chi connectivity index (χ3n) is 3.08. The number of nitrogens with two attached hydrogens (primary N) is 1. The number of rotatable bonds is 5. The first kappa shape index (κ1) is 16.2. The highest BCUT2D eigenvalue weighted by Crippen LogP contribution is 2.16. The lowest BCUT2D eigenvalue weighted by molar-refractivity contribution is -0.141. The molecule has 1 fully saturated rings. The van der Waals surface area contributed by atoms with Gasteiger partial charge in [-0.25, -0.2) is 18.0 Å². The van der Waals surface area contributed by atoms with Gasteiger partial charge in [-0.15, -0.1) is 0 Å². The van der Waals surface area contributed by atoms with Gasteiger partial charge < -0.3 is 21.1 Å². The summed E-state index contributed by atoms with van der Waals surface area (Å²) in [5, 5.41) is 11.0. The van der Waals surface area contributed by atoms with E-state index in [1.54, 1.807) is 0 Å². The van der Waals surface area contributed by atoms with Crippen LogP contribution in [0, 0.1) is 0 Å². The van der Waals surface area contributed by atoms with Gasteiger partial charge in [0.15, 0.2) is 9.84 Å². The molecule has 2 atom stereocenters. The Morgan fingerprint density at radius 1 is 1.45 bits per heavy atom. The zero-order chi connectivity index (χ0) is 15.5. The molecule has 0 aromatic heterocycles. The Hall–Kier alpha value is -1.84. The van der Waals surface area contributed by atoms with Gasteiger partial charge in [0.05, 0.1) is 17.9 Å². The summed E-state index contributed by atoms with van der Waals surface area (Å²) >= 11 is 0. The number of urea groups is 1.